The van der Waals surface area contributed by atoms with E-state index in [0.717, 1.165) is 29.4 Å². The van der Waals surface area contributed by atoms with Crippen LogP contribution in [0.15, 0.2) is 22.8 Å². The molecule has 82 valence electrons. The van der Waals surface area contributed by atoms with E-state index in [-0.39, 0.29) is 0 Å². The van der Waals surface area contributed by atoms with Gasteiger partial charge in [0.15, 0.2) is 0 Å². The van der Waals surface area contributed by atoms with Crippen molar-refractivity contribution in [3.05, 3.63) is 28.5 Å². The number of allylic oxidation sites excluding steroid dienone is 2. The Hall–Kier alpha value is -0.610. The van der Waals surface area contributed by atoms with Crippen LogP contribution in [0.25, 0.3) is 0 Å². The zero-order valence-corrected chi connectivity index (χ0v) is 10.3. The first kappa shape index (κ1) is 10.9. The summed E-state index contributed by atoms with van der Waals surface area (Å²) in [5, 5.41) is 14.4. The molecule has 0 bridgehead atoms. The molecule has 0 aromatic carbocycles. The van der Waals surface area contributed by atoms with E-state index in [0.29, 0.717) is 5.92 Å². The fraction of sp³-hybridized carbons (Fsp3) is 0.545. The van der Waals surface area contributed by atoms with Gasteiger partial charge in [-0.15, -0.1) is 0 Å². The van der Waals surface area contributed by atoms with Gasteiger partial charge in [-0.25, -0.2) is 0 Å². The second-order valence-electron chi connectivity index (χ2n) is 3.99. The van der Waals surface area contributed by atoms with Crippen molar-refractivity contribution in [3.8, 4) is 0 Å². The number of aliphatic hydroxyl groups excluding tert-OH is 1. The highest BCUT2D eigenvalue weighted by atomic mass is 79.9. The normalized spacial score (nSPS) is 23.0. The third-order valence-electron chi connectivity index (χ3n) is 2.97. The molecule has 0 spiro atoms. The van der Waals surface area contributed by atoms with Crippen LogP contribution in [0.4, 0.5) is 0 Å². The Morgan fingerprint density at radius 1 is 1.60 bits per heavy atom. The lowest BCUT2D eigenvalue weighted by Crippen LogP contribution is -2.17. The van der Waals surface area contributed by atoms with Crippen LogP contribution in [-0.4, -0.2) is 14.9 Å². The van der Waals surface area contributed by atoms with Crippen LogP contribution in [0.5, 0.6) is 0 Å². The lowest BCUT2D eigenvalue weighted by atomic mass is 9.88. The zero-order chi connectivity index (χ0) is 10.8. The predicted molar refractivity (Wildman–Crippen MR) is 62.3 cm³/mol. The second kappa shape index (κ2) is 4.49. The first-order chi connectivity index (χ1) is 7.20. The molecule has 1 heterocycles. The molecule has 1 aromatic heterocycles. The van der Waals surface area contributed by atoms with Gasteiger partial charge in [0.2, 0.25) is 0 Å². The molecular formula is C11H15BrN2O. The summed E-state index contributed by atoms with van der Waals surface area (Å²) >= 11 is 3.42. The highest BCUT2D eigenvalue weighted by Crippen LogP contribution is 2.34. The van der Waals surface area contributed by atoms with E-state index in [1.807, 2.05) is 7.05 Å². The number of aromatic nitrogens is 2. The van der Waals surface area contributed by atoms with Crippen molar-refractivity contribution in [3.63, 3.8) is 0 Å². The van der Waals surface area contributed by atoms with Gasteiger partial charge in [0.05, 0.1) is 22.5 Å². The third kappa shape index (κ3) is 2.16. The summed E-state index contributed by atoms with van der Waals surface area (Å²) in [6, 6.07) is 0. The standard InChI is InChI=1S/C11H15BrN2O/c1-14-10(9(12)7-13-14)11(15)8-5-3-2-4-6-8/h2-3,7-8,11,15H,4-6H2,1H3. The predicted octanol–water partition coefficient (Wildman–Crippen LogP) is 2.57. The van der Waals surface area contributed by atoms with Crippen molar-refractivity contribution >= 4 is 15.9 Å². The van der Waals surface area contributed by atoms with Crippen LogP contribution < -0.4 is 0 Å². The Bertz CT molecular complexity index is 353. The highest BCUT2D eigenvalue weighted by molar-refractivity contribution is 9.10. The average molecular weight is 271 g/mol. The quantitative estimate of drug-likeness (QED) is 0.839. The van der Waals surface area contributed by atoms with E-state index in [1.165, 1.54) is 0 Å². The topological polar surface area (TPSA) is 38.0 Å². The van der Waals surface area contributed by atoms with Crippen molar-refractivity contribution in [1.82, 2.24) is 9.78 Å². The Morgan fingerprint density at radius 2 is 2.40 bits per heavy atom. The van der Waals surface area contributed by atoms with Crippen molar-refractivity contribution in [1.29, 1.82) is 0 Å². The number of nitrogens with zero attached hydrogens (tertiary/aromatic N) is 2. The molecule has 1 aliphatic carbocycles. The van der Waals surface area contributed by atoms with Crippen LogP contribution in [0.3, 0.4) is 0 Å². The van der Waals surface area contributed by atoms with E-state index in [1.54, 1.807) is 10.9 Å². The zero-order valence-electron chi connectivity index (χ0n) is 8.73. The maximum atomic E-state index is 10.3. The molecule has 4 heteroatoms. The van der Waals surface area contributed by atoms with E-state index >= 15 is 0 Å². The summed E-state index contributed by atoms with van der Waals surface area (Å²) in [5.41, 5.74) is 0.885. The van der Waals surface area contributed by atoms with Crippen LogP contribution in [0.2, 0.25) is 0 Å². The summed E-state index contributed by atoms with van der Waals surface area (Å²) in [7, 11) is 1.86. The van der Waals surface area contributed by atoms with Gasteiger partial charge in [0.1, 0.15) is 0 Å². The Balaban J connectivity index is 2.19. The molecule has 0 amide bonds. The molecule has 0 saturated heterocycles. The van der Waals surface area contributed by atoms with Gasteiger partial charge in [-0.05, 0) is 41.1 Å². The van der Waals surface area contributed by atoms with Crippen molar-refractivity contribution in [2.75, 3.05) is 0 Å². The number of aliphatic hydroxyl groups is 1. The monoisotopic (exact) mass is 270 g/mol. The van der Waals surface area contributed by atoms with Gasteiger partial charge in [-0.3, -0.25) is 4.68 Å². The number of hydrogen-bond donors (Lipinski definition) is 1. The largest absolute Gasteiger partial charge is 0.386 e. The molecule has 2 rings (SSSR count). The molecule has 3 nitrogen and oxygen atoms in total. The number of aryl methyl sites for hydroxylation is 1. The lowest BCUT2D eigenvalue weighted by molar-refractivity contribution is 0.0939. The fourth-order valence-electron chi connectivity index (χ4n) is 2.08. The van der Waals surface area contributed by atoms with Crippen molar-refractivity contribution < 1.29 is 5.11 Å². The van der Waals surface area contributed by atoms with Crippen LogP contribution >= 0.6 is 15.9 Å². The lowest BCUT2D eigenvalue weighted by Gasteiger charge is -2.24. The van der Waals surface area contributed by atoms with Crippen LogP contribution in [-0.2, 0) is 7.05 Å². The molecule has 1 aliphatic rings. The van der Waals surface area contributed by atoms with E-state index in [9.17, 15) is 5.11 Å². The molecule has 2 unspecified atom stereocenters. The summed E-state index contributed by atoms with van der Waals surface area (Å²) in [5.74, 6) is 0.321. The van der Waals surface area contributed by atoms with E-state index < -0.39 is 6.10 Å². The van der Waals surface area contributed by atoms with Crippen molar-refractivity contribution in [2.45, 2.75) is 25.4 Å². The molecule has 0 fully saturated rings. The molecule has 15 heavy (non-hydrogen) atoms. The number of hydrogen-bond acceptors (Lipinski definition) is 2. The average Bonchev–Trinajstić information content (AvgIpc) is 2.59. The third-order valence-corrected chi connectivity index (χ3v) is 3.58. The summed E-state index contributed by atoms with van der Waals surface area (Å²) in [6.45, 7) is 0. The number of rotatable bonds is 2. The van der Waals surface area contributed by atoms with Gasteiger partial charge in [-0.2, -0.15) is 5.10 Å². The maximum absolute atomic E-state index is 10.3. The molecular weight excluding hydrogens is 256 g/mol. The molecule has 2 atom stereocenters. The van der Waals surface area contributed by atoms with E-state index in [2.05, 4.69) is 33.2 Å². The molecule has 1 N–H and O–H groups in total. The summed E-state index contributed by atoms with van der Waals surface area (Å²) in [4.78, 5) is 0. The minimum Gasteiger partial charge on any atom is -0.386 e. The van der Waals surface area contributed by atoms with Gasteiger partial charge < -0.3 is 5.11 Å². The van der Waals surface area contributed by atoms with Crippen LogP contribution in [0.1, 0.15) is 31.1 Å². The minimum absolute atomic E-state index is 0.321. The van der Waals surface area contributed by atoms with Gasteiger partial charge in [0.25, 0.3) is 0 Å². The Kier molecular flexibility index (Phi) is 3.26. The summed E-state index contributed by atoms with van der Waals surface area (Å²) < 4.78 is 2.64. The molecule has 0 radical (unpaired) electrons. The van der Waals surface area contributed by atoms with Gasteiger partial charge >= 0.3 is 0 Å². The fourth-order valence-corrected chi connectivity index (χ4v) is 2.66. The molecule has 0 saturated carbocycles. The molecule has 1 aromatic rings. The highest BCUT2D eigenvalue weighted by Gasteiger charge is 2.25. The molecule has 0 aliphatic heterocycles. The Morgan fingerprint density at radius 3 is 2.93 bits per heavy atom. The Labute approximate surface area is 97.9 Å². The van der Waals surface area contributed by atoms with Gasteiger partial charge in [0, 0.05) is 7.05 Å². The van der Waals surface area contributed by atoms with Gasteiger partial charge in [-0.1, -0.05) is 12.2 Å². The van der Waals surface area contributed by atoms with Crippen molar-refractivity contribution in [2.24, 2.45) is 13.0 Å². The first-order valence-electron chi connectivity index (χ1n) is 5.20. The number of halogens is 1. The van der Waals surface area contributed by atoms with Crippen LogP contribution in [0, 0.1) is 5.92 Å². The van der Waals surface area contributed by atoms with E-state index in [4.69, 9.17) is 0 Å². The maximum Gasteiger partial charge on any atom is 0.0999 e. The summed E-state index contributed by atoms with van der Waals surface area (Å²) in [6.07, 6.45) is 8.72. The smallest absolute Gasteiger partial charge is 0.0999 e. The minimum atomic E-state index is -0.420. The SMILES string of the molecule is Cn1ncc(Br)c1C(O)C1CC=CCC1. The first-order valence-corrected chi connectivity index (χ1v) is 6.00. The second-order valence-corrected chi connectivity index (χ2v) is 4.85.